The van der Waals surface area contributed by atoms with Crippen molar-refractivity contribution < 1.29 is 58.2 Å². The van der Waals surface area contributed by atoms with Gasteiger partial charge in [-0.25, -0.2) is 4.79 Å². The fourth-order valence-corrected chi connectivity index (χ4v) is 8.58. The van der Waals surface area contributed by atoms with Crippen molar-refractivity contribution in [3.63, 3.8) is 0 Å². The molecule has 6 atom stereocenters. The zero-order valence-electron chi connectivity index (χ0n) is 48.2. The molecular formula is C65H106O12. The van der Waals surface area contributed by atoms with Gasteiger partial charge in [-0.3, -0.25) is 14.4 Å². The standard InChI is InChI=1S/C65H106O12/c1-4-7-10-13-16-19-22-25-27-29-31-34-36-39-42-45-48-51-57(66)73-54-56(75-58(67)52-49-46-43-40-37-33-24-21-18-15-12-9-6-3)55-74-65-63(61(70)60(69)62(77-65)64(71)72)76-59(68)53-50-47-44-41-38-35-32-30-28-26-23-20-17-14-11-8-5-2/h7-8,10-11,16-17,19-20,25-28,31-32,34-35,56,60-63,65,69-70H,4-6,9,12-15,18,21-24,29-30,33,36-55H2,1-3H3,(H,71,72)/b10-7-,11-8-,19-16-,20-17-,27-25-,28-26-,34-31-,35-32-. The third-order valence-electron chi connectivity index (χ3n) is 13.2. The van der Waals surface area contributed by atoms with E-state index < -0.39 is 67.3 Å². The number of hydrogen-bond donors (Lipinski definition) is 3. The Hall–Kier alpha value is -4.36. The molecule has 1 aliphatic heterocycles. The summed E-state index contributed by atoms with van der Waals surface area (Å²) in [6.45, 7) is 5.74. The summed E-state index contributed by atoms with van der Waals surface area (Å²) in [5.74, 6) is -3.18. The van der Waals surface area contributed by atoms with Gasteiger partial charge in [0.05, 0.1) is 6.61 Å². The molecule has 0 aromatic rings. The number of unbranched alkanes of at least 4 members (excludes halogenated alkanes) is 20. The third-order valence-corrected chi connectivity index (χ3v) is 13.2. The minimum absolute atomic E-state index is 0.0268. The highest BCUT2D eigenvalue weighted by Gasteiger charge is 2.50. The fraction of sp³-hybridized carbons (Fsp3) is 0.692. The molecule has 0 aliphatic carbocycles. The van der Waals surface area contributed by atoms with E-state index in [1.54, 1.807) is 0 Å². The number of hydrogen-bond acceptors (Lipinski definition) is 11. The van der Waals surface area contributed by atoms with Crippen LogP contribution < -0.4 is 0 Å². The monoisotopic (exact) mass is 1080 g/mol. The average molecular weight is 1080 g/mol. The van der Waals surface area contributed by atoms with Gasteiger partial charge in [0.2, 0.25) is 0 Å². The second-order valence-electron chi connectivity index (χ2n) is 20.2. The number of carboxylic acid groups (broad SMARTS) is 1. The van der Waals surface area contributed by atoms with Crippen molar-refractivity contribution in [2.75, 3.05) is 13.2 Å². The number of ether oxygens (including phenoxy) is 5. The summed E-state index contributed by atoms with van der Waals surface area (Å²) >= 11 is 0. The minimum Gasteiger partial charge on any atom is -0.479 e. The molecule has 0 saturated carbocycles. The van der Waals surface area contributed by atoms with Crippen LogP contribution in [0, 0.1) is 0 Å². The Labute approximate surface area is 466 Å². The number of rotatable bonds is 50. The van der Waals surface area contributed by atoms with Crippen molar-refractivity contribution in [1.82, 2.24) is 0 Å². The summed E-state index contributed by atoms with van der Waals surface area (Å²) in [6.07, 6.45) is 56.5. The molecule has 1 saturated heterocycles. The van der Waals surface area contributed by atoms with Gasteiger partial charge in [-0.05, 0) is 96.3 Å². The number of aliphatic carboxylic acids is 1. The van der Waals surface area contributed by atoms with E-state index >= 15 is 0 Å². The first-order chi connectivity index (χ1) is 37.6. The Morgan fingerprint density at radius 1 is 0.442 bits per heavy atom. The lowest BCUT2D eigenvalue weighted by Crippen LogP contribution is -2.61. The summed E-state index contributed by atoms with van der Waals surface area (Å²) in [5, 5.41) is 31.5. The van der Waals surface area contributed by atoms with Gasteiger partial charge in [-0.2, -0.15) is 0 Å². The zero-order valence-corrected chi connectivity index (χ0v) is 48.2. The molecule has 12 heteroatoms. The maximum Gasteiger partial charge on any atom is 0.335 e. The van der Waals surface area contributed by atoms with E-state index in [0.717, 1.165) is 122 Å². The van der Waals surface area contributed by atoms with E-state index in [0.29, 0.717) is 19.3 Å². The van der Waals surface area contributed by atoms with Crippen LogP contribution in [0.4, 0.5) is 0 Å². The highest BCUT2D eigenvalue weighted by Crippen LogP contribution is 2.26. The van der Waals surface area contributed by atoms with Gasteiger partial charge in [-0.1, -0.05) is 221 Å². The molecule has 0 spiro atoms. The van der Waals surface area contributed by atoms with Crippen LogP contribution in [0.1, 0.15) is 239 Å². The molecule has 1 fully saturated rings. The molecule has 6 unspecified atom stereocenters. The normalized spacial score (nSPS) is 18.7. The summed E-state index contributed by atoms with van der Waals surface area (Å²) in [4.78, 5) is 51.2. The van der Waals surface area contributed by atoms with Gasteiger partial charge < -0.3 is 39.0 Å². The molecule has 77 heavy (non-hydrogen) atoms. The number of allylic oxidation sites excluding steroid dienone is 16. The smallest absolute Gasteiger partial charge is 0.335 e. The lowest BCUT2D eigenvalue weighted by molar-refractivity contribution is -0.301. The Morgan fingerprint density at radius 2 is 0.818 bits per heavy atom. The maximum absolute atomic E-state index is 13.1. The predicted octanol–water partition coefficient (Wildman–Crippen LogP) is 15.7. The van der Waals surface area contributed by atoms with Crippen LogP contribution in [0.3, 0.4) is 0 Å². The molecule has 12 nitrogen and oxygen atoms in total. The number of aliphatic hydroxyl groups is 2. The Morgan fingerprint density at radius 3 is 1.25 bits per heavy atom. The average Bonchev–Trinajstić information content (AvgIpc) is 3.42. The Kier molecular flexibility index (Phi) is 48.0. The SMILES string of the molecule is CC/C=C\C/C=C\C/C=C\C/C=C\CCCCCCC(=O)OCC(COC1OC(C(=O)O)C(O)C(O)C1OC(=O)CCCCCC/C=C\C/C=C\C/C=C\C/C=C\CC)OC(=O)CCCCCCCCCCCCCCC. The highest BCUT2D eigenvalue weighted by atomic mass is 16.7. The van der Waals surface area contributed by atoms with Gasteiger partial charge in [0.15, 0.2) is 24.6 Å². The molecule has 0 bridgehead atoms. The van der Waals surface area contributed by atoms with E-state index in [1.807, 2.05) is 0 Å². The van der Waals surface area contributed by atoms with Crippen molar-refractivity contribution in [2.45, 2.75) is 276 Å². The van der Waals surface area contributed by atoms with Crippen molar-refractivity contribution in [2.24, 2.45) is 0 Å². The molecule has 0 aromatic heterocycles. The molecule has 0 aromatic carbocycles. The lowest BCUT2D eigenvalue weighted by atomic mass is 9.98. The van der Waals surface area contributed by atoms with E-state index in [2.05, 4.69) is 118 Å². The molecule has 0 radical (unpaired) electrons. The van der Waals surface area contributed by atoms with Gasteiger partial charge in [0.1, 0.15) is 18.8 Å². The zero-order chi connectivity index (χ0) is 56.1. The second-order valence-corrected chi connectivity index (χ2v) is 20.2. The first-order valence-electron chi connectivity index (χ1n) is 30.2. The topological polar surface area (TPSA) is 175 Å². The number of esters is 3. The summed E-state index contributed by atoms with van der Waals surface area (Å²) in [6, 6.07) is 0. The molecule has 1 rings (SSSR count). The molecule has 438 valence electrons. The number of carboxylic acids is 1. The van der Waals surface area contributed by atoms with Crippen molar-refractivity contribution >= 4 is 23.9 Å². The van der Waals surface area contributed by atoms with Gasteiger partial charge in [0, 0.05) is 19.3 Å². The molecule has 0 amide bonds. The first-order valence-corrected chi connectivity index (χ1v) is 30.2. The fourth-order valence-electron chi connectivity index (χ4n) is 8.58. The molecular weight excluding hydrogens is 973 g/mol. The Bertz CT molecular complexity index is 1710. The Balaban J connectivity index is 2.71. The molecule has 1 aliphatic rings. The number of carbonyl (C=O) groups excluding carboxylic acids is 3. The highest BCUT2D eigenvalue weighted by molar-refractivity contribution is 5.74. The van der Waals surface area contributed by atoms with Crippen LogP contribution in [0.2, 0.25) is 0 Å². The van der Waals surface area contributed by atoms with Crippen LogP contribution in [0.15, 0.2) is 97.2 Å². The van der Waals surface area contributed by atoms with Crippen molar-refractivity contribution in [3.05, 3.63) is 97.2 Å². The van der Waals surface area contributed by atoms with Gasteiger partial charge in [0.25, 0.3) is 0 Å². The van der Waals surface area contributed by atoms with Crippen molar-refractivity contribution in [1.29, 1.82) is 0 Å². The predicted molar refractivity (Wildman–Crippen MR) is 312 cm³/mol. The summed E-state index contributed by atoms with van der Waals surface area (Å²) in [5.41, 5.74) is 0. The summed E-state index contributed by atoms with van der Waals surface area (Å²) in [7, 11) is 0. The minimum atomic E-state index is -1.92. The van der Waals surface area contributed by atoms with Crippen LogP contribution in [0.25, 0.3) is 0 Å². The third kappa shape index (κ3) is 42.3. The van der Waals surface area contributed by atoms with Gasteiger partial charge >= 0.3 is 23.9 Å². The number of aliphatic hydroxyl groups excluding tert-OH is 2. The maximum atomic E-state index is 13.1. The van der Waals surface area contributed by atoms with Gasteiger partial charge in [-0.15, -0.1) is 0 Å². The lowest BCUT2D eigenvalue weighted by Gasteiger charge is -2.40. The first kappa shape index (κ1) is 70.7. The van der Waals surface area contributed by atoms with Crippen LogP contribution in [-0.4, -0.2) is 89.2 Å². The van der Waals surface area contributed by atoms with E-state index in [4.69, 9.17) is 23.7 Å². The van der Waals surface area contributed by atoms with Crippen LogP contribution in [-0.2, 0) is 42.9 Å². The molecule has 1 heterocycles. The summed E-state index contributed by atoms with van der Waals surface area (Å²) < 4.78 is 28.4. The number of carbonyl (C=O) groups is 4. The van der Waals surface area contributed by atoms with Crippen molar-refractivity contribution in [3.8, 4) is 0 Å². The second kappa shape index (κ2) is 52.3. The van der Waals surface area contributed by atoms with Crippen LogP contribution >= 0.6 is 0 Å². The largest absolute Gasteiger partial charge is 0.479 e. The molecule has 3 N–H and O–H groups in total. The van der Waals surface area contributed by atoms with E-state index in [9.17, 15) is 34.5 Å². The van der Waals surface area contributed by atoms with E-state index in [1.165, 1.54) is 57.8 Å². The van der Waals surface area contributed by atoms with Crippen LogP contribution in [0.5, 0.6) is 0 Å². The van der Waals surface area contributed by atoms with E-state index in [-0.39, 0.29) is 25.9 Å². The quantitative estimate of drug-likeness (QED) is 0.0228.